The molecular formula is C13H16FNO3S. The van der Waals surface area contributed by atoms with Crippen LogP contribution in [0.2, 0.25) is 0 Å². The third-order valence-corrected chi connectivity index (χ3v) is 4.90. The standard InChI is InChI=1S/C13H16FNO3S/c1-3-13(2)8-12(15-18-13)19(16,17)9-10-5-4-6-11(14)7-10/h4-7H,3,8-9H2,1-2H3. The Morgan fingerprint density at radius 2 is 2.21 bits per heavy atom. The molecule has 0 bridgehead atoms. The number of hydrogen-bond donors (Lipinski definition) is 0. The molecular weight excluding hydrogens is 269 g/mol. The van der Waals surface area contributed by atoms with E-state index >= 15 is 0 Å². The van der Waals surface area contributed by atoms with Gasteiger partial charge in [-0.2, -0.15) is 0 Å². The monoisotopic (exact) mass is 285 g/mol. The highest BCUT2D eigenvalue weighted by molar-refractivity contribution is 8.05. The van der Waals surface area contributed by atoms with E-state index in [0.717, 1.165) is 0 Å². The molecule has 6 heteroatoms. The summed E-state index contributed by atoms with van der Waals surface area (Å²) in [5.41, 5.74) is -0.141. The summed E-state index contributed by atoms with van der Waals surface area (Å²) < 4.78 is 37.4. The van der Waals surface area contributed by atoms with Gasteiger partial charge in [-0.25, -0.2) is 12.8 Å². The van der Waals surface area contributed by atoms with Gasteiger partial charge in [0, 0.05) is 6.42 Å². The maximum absolute atomic E-state index is 13.0. The van der Waals surface area contributed by atoms with Crippen LogP contribution in [-0.2, 0) is 20.4 Å². The molecule has 19 heavy (non-hydrogen) atoms. The Morgan fingerprint density at radius 1 is 1.47 bits per heavy atom. The first-order valence-corrected chi connectivity index (χ1v) is 7.72. The zero-order chi connectivity index (χ0) is 14.1. The van der Waals surface area contributed by atoms with E-state index in [0.29, 0.717) is 12.0 Å². The van der Waals surface area contributed by atoms with Gasteiger partial charge >= 0.3 is 0 Å². The van der Waals surface area contributed by atoms with Crippen LogP contribution in [0.25, 0.3) is 0 Å². The SMILES string of the molecule is CCC1(C)CC(S(=O)(=O)Cc2cccc(F)c2)=NO1. The van der Waals surface area contributed by atoms with E-state index in [2.05, 4.69) is 5.16 Å². The van der Waals surface area contributed by atoms with Crippen molar-refractivity contribution >= 4 is 14.9 Å². The summed E-state index contributed by atoms with van der Waals surface area (Å²) in [4.78, 5) is 5.18. The number of benzene rings is 1. The van der Waals surface area contributed by atoms with Crippen molar-refractivity contribution in [2.45, 2.75) is 38.0 Å². The summed E-state index contributed by atoms with van der Waals surface area (Å²) in [6, 6.07) is 5.56. The fraction of sp³-hybridized carbons (Fsp3) is 0.462. The van der Waals surface area contributed by atoms with Crippen molar-refractivity contribution in [3.8, 4) is 0 Å². The fourth-order valence-electron chi connectivity index (χ4n) is 1.83. The molecule has 0 N–H and O–H groups in total. The minimum absolute atomic E-state index is 0.0427. The predicted molar refractivity (Wildman–Crippen MR) is 70.9 cm³/mol. The Balaban J connectivity index is 2.17. The summed E-state index contributed by atoms with van der Waals surface area (Å²) in [6.07, 6.45) is 0.941. The van der Waals surface area contributed by atoms with Crippen molar-refractivity contribution in [2.24, 2.45) is 5.16 Å². The molecule has 0 aromatic heterocycles. The minimum Gasteiger partial charge on any atom is -0.388 e. The molecule has 4 nitrogen and oxygen atoms in total. The number of sulfone groups is 1. The summed E-state index contributed by atoms with van der Waals surface area (Å²) in [5, 5.41) is 3.73. The Kier molecular flexibility index (Phi) is 3.62. The van der Waals surface area contributed by atoms with Crippen LogP contribution >= 0.6 is 0 Å². The van der Waals surface area contributed by atoms with E-state index in [9.17, 15) is 12.8 Å². The summed E-state index contributed by atoms with van der Waals surface area (Å²) >= 11 is 0. The third-order valence-electron chi connectivity index (χ3n) is 3.25. The van der Waals surface area contributed by atoms with Crippen LogP contribution in [0.1, 0.15) is 32.3 Å². The van der Waals surface area contributed by atoms with Gasteiger partial charge in [0.15, 0.2) is 14.9 Å². The Bertz CT molecular complexity index is 612. The maximum Gasteiger partial charge on any atom is 0.199 e. The van der Waals surface area contributed by atoms with E-state index in [1.54, 1.807) is 6.07 Å². The fourth-order valence-corrected chi connectivity index (χ4v) is 3.29. The number of rotatable bonds is 3. The molecule has 0 radical (unpaired) electrons. The van der Waals surface area contributed by atoms with Crippen molar-refractivity contribution in [1.29, 1.82) is 0 Å². The summed E-state index contributed by atoms with van der Waals surface area (Å²) in [7, 11) is -3.55. The zero-order valence-electron chi connectivity index (χ0n) is 10.9. The van der Waals surface area contributed by atoms with Gasteiger partial charge in [0.25, 0.3) is 0 Å². The number of oxime groups is 1. The van der Waals surface area contributed by atoms with Crippen molar-refractivity contribution in [3.05, 3.63) is 35.6 Å². The second-order valence-electron chi connectivity index (χ2n) is 4.95. The molecule has 0 saturated heterocycles. The lowest BCUT2D eigenvalue weighted by molar-refractivity contribution is -0.00604. The topological polar surface area (TPSA) is 55.7 Å². The highest BCUT2D eigenvalue weighted by atomic mass is 32.2. The average molecular weight is 285 g/mol. The lowest BCUT2D eigenvalue weighted by Crippen LogP contribution is -2.26. The van der Waals surface area contributed by atoms with Gasteiger partial charge in [-0.1, -0.05) is 24.2 Å². The van der Waals surface area contributed by atoms with Gasteiger partial charge in [0.05, 0.1) is 5.75 Å². The van der Waals surface area contributed by atoms with Crippen molar-refractivity contribution in [2.75, 3.05) is 0 Å². The molecule has 0 spiro atoms. The number of halogens is 1. The van der Waals surface area contributed by atoms with Gasteiger partial charge in [0.2, 0.25) is 0 Å². The molecule has 1 unspecified atom stereocenters. The molecule has 0 aliphatic carbocycles. The summed E-state index contributed by atoms with van der Waals surface area (Å²) in [6.45, 7) is 3.73. The Morgan fingerprint density at radius 3 is 2.79 bits per heavy atom. The molecule has 1 aromatic carbocycles. The van der Waals surface area contributed by atoms with Gasteiger partial charge in [0.1, 0.15) is 11.4 Å². The molecule has 0 saturated carbocycles. The van der Waals surface area contributed by atoms with E-state index in [4.69, 9.17) is 4.84 Å². The molecule has 0 fully saturated rings. The van der Waals surface area contributed by atoms with Gasteiger partial charge < -0.3 is 4.84 Å². The normalized spacial score (nSPS) is 23.0. The maximum atomic E-state index is 13.0. The van der Waals surface area contributed by atoms with Gasteiger partial charge in [-0.05, 0) is 31.0 Å². The Hall–Kier alpha value is -1.43. The predicted octanol–water partition coefficient (Wildman–Crippen LogP) is 2.64. The van der Waals surface area contributed by atoms with Crippen molar-refractivity contribution in [3.63, 3.8) is 0 Å². The van der Waals surface area contributed by atoms with E-state index < -0.39 is 21.3 Å². The van der Waals surface area contributed by atoms with E-state index in [-0.39, 0.29) is 17.2 Å². The second kappa shape index (κ2) is 4.92. The number of nitrogens with zero attached hydrogens (tertiary/aromatic N) is 1. The van der Waals surface area contributed by atoms with Crippen LogP contribution in [0.4, 0.5) is 4.39 Å². The van der Waals surface area contributed by atoms with Crippen LogP contribution in [0.3, 0.4) is 0 Å². The molecule has 1 heterocycles. The molecule has 1 aromatic rings. The molecule has 2 rings (SSSR count). The molecule has 1 atom stereocenters. The molecule has 0 amide bonds. The minimum atomic E-state index is -3.55. The largest absolute Gasteiger partial charge is 0.388 e. The lowest BCUT2D eigenvalue weighted by atomic mass is 10.0. The van der Waals surface area contributed by atoms with Crippen LogP contribution < -0.4 is 0 Å². The van der Waals surface area contributed by atoms with Crippen molar-refractivity contribution < 1.29 is 17.6 Å². The van der Waals surface area contributed by atoms with Crippen LogP contribution in [0.5, 0.6) is 0 Å². The highest BCUT2D eigenvalue weighted by Gasteiger charge is 2.38. The average Bonchev–Trinajstić information content (AvgIpc) is 2.73. The summed E-state index contributed by atoms with van der Waals surface area (Å²) in [5.74, 6) is -0.706. The van der Waals surface area contributed by atoms with E-state index in [1.807, 2.05) is 13.8 Å². The van der Waals surface area contributed by atoms with Crippen LogP contribution in [-0.4, -0.2) is 19.1 Å². The van der Waals surface area contributed by atoms with Gasteiger partial charge in [-0.15, -0.1) is 0 Å². The molecule has 1 aliphatic heterocycles. The quantitative estimate of drug-likeness (QED) is 0.858. The van der Waals surface area contributed by atoms with E-state index in [1.165, 1.54) is 18.2 Å². The molecule has 104 valence electrons. The van der Waals surface area contributed by atoms with Crippen molar-refractivity contribution in [1.82, 2.24) is 0 Å². The second-order valence-corrected chi connectivity index (χ2v) is 6.93. The third kappa shape index (κ3) is 3.12. The van der Waals surface area contributed by atoms with Gasteiger partial charge in [-0.3, -0.25) is 0 Å². The van der Waals surface area contributed by atoms with Crippen LogP contribution in [0, 0.1) is 5.82 Å². The lowest BCUT2D eigenvalue weighted by Gasteiger charge is -2.18. The Labute approximate surface area is 112 Å². The smallest absolute Gasteiger partial charge is 0.199 e. The highest BCUT2D eigenvalue weighted by Crippen LogP contribution is 2.29. The molecule has 1 aliphatic rings. The number of hydrogen-bond acceptors (Lipinski definition) is 4. The zero-order valence-corrected chi connectivity index (χ0v) is 11.7. The first-order valence-electron chi connectivity index (χ1n) is 6.07. The first-order chi connectivity index (χ1) is 8.85. The first kappa shape index (κ1) is 14.0. The van der Waals surface area contributed by atoms with Crippen LogP contribution in [0.15, 0.2) is 29.4 Å².